The Balaban J connectivity index is 2.79. The minimum Gasteiger partial charge on any atom is -0.313 e. The zero-order valence-electron chi connectivity index (χ0n) is 10.6. The molecule has 4 nitrogen and oxygen atoms in total. The Labute approximate surface area is 104 Å². The van der Waals surface area contributed by atoms with Crippen molar-refractivity contribution in [2.24, 2.45) is 0 Å². The van der Waals surface area contributed by atoms with E-state index in [0.29, 0.717) is 0 Å². The summed E-state index contributed by atoms with van der Waals surface area (Å²) < 4.78 is 24.7. The quantitative estimate of drug-likeness (QED) is 0.831. The smallest absolute Gasteiger partial charge is 0.217 e. The minimum atomic E-state index is -3.18. The van der Waals surface area contributed by atoms with E-state index in [1.807, 2.05) is 31.2 Å². The molecule has 17 heavy (non-hydrogen) atoms. The van der Waals surface area contributed by atoms with Crippen LogP contribution in [0.15, 0.2) is 24.3 Å². The Kier molecular flexibility index (Phi) is 5.11. The maximum Gasteiger partial charge on any atom is 0.217 e. The number of nitrogens with one attached hydrogen (secondary N) is 1. The topological polar surface area (TPSA) is 49.4 Å². The van der Waals surface area contributed by atoms with E-state index in [1.165, 1.54) is 4.31 Å². The van der Waals surface area contributed by atoms with E-state index in [4.69, 9.17) is 0 Å². The third-order valence-electron chi connectivity index (χ3n) is 2.48. The molecular weight excluding hydrogens is 236 g/mol. The third-order valence-corrected chi connectivity index (χ3v) is 4.29. The Morgan fingerprint density at radius 2 is 1.88 bits per heavy atom. The van der Waals surface area contributed by atoms with Crippen molar-refractivity contribution in [3.8, 4) is 0 Å². The minimum absolute atomic E-state index is 0.0555. The van der Waals surface area contributed by atoms with Crippen molar-refractivity contribution in [3.05, 3.63) is 35.4 Å². The molecule has 0 aromatic heterocycles. The summed E-state index contributed by atoms with van der Waals surface area (Å²) in [6, 6.07) is 7.67. The summed E-state index contributed by atoms with van der Waals surface area (Å²) in [6.45, 7) is 3.72. The molecule has 0 amide bonds. The van der Waals surface area contributed by atoms with Gasteiger partial charge in [0.15, 0.2) is 0 Å². The first-order valence-corrected chi connectivity index (χ1v) is 7.25. The van der Waals surface area contributed by atoms with E-state index in [1.54, 1.807) is 14.1 Å². The fourth-order valence-electron chi connectivity index (χ4n) is 1.44. The molecule has 1 rings (SSSR count). The van der Waals surface area contributed by atoms with Crippen molar-refractivity contribution in [2.75, 3.05) is 20.6 Å². The van der Waals surface area contributed by atoms with E-state index in [2.05, 4.69) is 5.32 Å². The summed E-state index contributed by atoms with van der Waals surface area (Å²) in [5.41, 5.74) is 1.94. The Morgan fingerprint density at radius 1 is 1.24 bits per heavy atom. The first-order chi connectivity index (χ1) is 7.95. The molecule has 5 heteroatoms. The van der Waals surface area contributed by atoms with Crippen LogP contribution in [0, 0.1) is 0 Å². The van der Waals surface area contributed by atoms with Crippen LogP contribution < -0.4 is 5.32 Å². The van der Waals surface area contributed by atoms with Gasteiger partial charge in [0.2, 0.25) is 10.0 Å². The zero-order valence-corrected chi connectivity index (χ0v) is 11.4. The Hall–Kier alpha value is -0.910. The van der Waals surface area contributed by atoms with Gasteiger partial charge < -0.3 is 5.32 Å². The molecule has 0 saturated carbocycles. The Bertz CT molecular complexity index is 455. The number of rotatable bonds is 6. The van der Waals surface area contributed by atoms with E-state index in [9.17, 15) is 8.42 Å². The van der Waals surface area contributed by atoms with Gasteiger partial charge in [0.25, 0.3) is 0 Å². The molecule has 0 atom stereocenters. The highest BCUT2D eigenvalue weighted by Gasteiger charge is 2.14. The molecule has 1 aromatic carbocycles. The van der Waals surface area contributed by atoms with Crippen LogP contribution in [0.3, 0.4) is 0 Å². The van der Waals surface area contributed by atoms with Crippen molar-refractivity contribution in [3.63, 3.8) is 0 Å². The summed E-state index contributed by atoms with van der Waals surface area (Å²) in [5, 5.41) is 3.22. The normalized spacial score (nSPS) is 12.0. The van der Waals surface area contributed by atoms with E-state index in [-0.39, 0.29) is 5.75 Å². The molecule has 0 aliphatic carbocycles. The highest BCUT2D eigenvalue weighted by Crippen LogP contribution is 2.10. The van der Waals surface area contributed by atoms with Gasteiger partial charge in [0, 0.05) is 20.6 Å². The molecule has 0 fully saturated rings. The molecule has 0 unspecified atom stereocenters. The summed E-state index contributed by atoms with van der Waals surface area (Å²) in [6.07, 6.45) is 0. The van der Waals surface area contributed by atoms with Crippen LogP contribution in [-0.4, -0.2) is 33.4 Å². The summed E-state index contributed by atoms with van der Waals surface area (Å²) in [7, 11) is -0.0688. The van der Waals surface area contributed by atoms with Crippen molar-refractivity contribution in [1.29, 1.82) is 0 Å². The molecule has 0 saturated heterocycles. The van der Waals surface area contributed by atoms with Gasteiger partial charge in [-0.2, -0.15) is 0 Å². The molecule has 0 spiro atoms. The van der Waals surface area contributed by atoms with Gasteiger partial charge >= 0.3 is 0 Å². The lowest BCUT2D eigenvalue weighted by Crippen LogP contribution is -2.23. The standard InChI is InChI=1S/C12H20N2O2S/c1-4-13-9-11-6-5-7-12(8-11)10-17(15,16)14(2)3/h5-8,13H,4,9-10H2,1-3H3. The second-order valence-electron chi connectivity index (χ2n) is 4.14. The summed E-state index contributed by atoms with van der Waals surface area (Å²) in [4.78, 5) is 0. The van der Waals surface area contributed by atoms with Crippen molar-refractivity contribution in [1.82, 2.24) is 9.62 Å². The van der Waals surface area contributed by atoms with Gasteiger partial charge in [0.05, 0.1) is 5.75 Å². The fourth-order valence-corrected chi connectivity index (χ4v) is 2.30. The maximum absolute atomic E-state index is 11.7. The lowest BCUT2D eigenvalue weighted by Gasteiger charge is -2.12. The lowest BCUT2D eigenvalue weighted by molar-refractivity contribution is 0.519. The molecule has 1 N–H and O–H groups in total. The average molecular weight is 256 g/mol. The molecule has 0 bridgehead atoms. The molecule has 1 aromatic rings. The summed E-state index contributed by atoms with van der Waals surface area (Å²) >= 11 is 0. The van der Waals surface area contributed by atoms with E-state index < -0.39 is 10.0 Å². The zero-order chi connectivity index (χ0) is 12.9. The summed E-state index contributed by atoms with van der Waals surface area (Å²) in [5.74, 6) is 0.0555. The molecular formula is C12H20N2O2S. The van der Waals surface area contributed by atoms with Crippen LogP contribution >= 0.6 is 0 Å². The second kappa shape index (κ2) is 6.14. The van der Waals surface area contributed by atoms with E-state index >= 15 is 0 Å². The molecule has 0 heterocycles. The number of sulfonamides is 1. The molecule has 0 aliphatic rings. The predicted octanol–water partition coefficient (Wildman–Crippen LogP) is 1.19. The molecule has 0 aliphatic heterocycles. The monoisotopic (exact) mass is 256 g/mol. The lowest BCUT2D eigenvalue weighted by atomic mass is 10.1. The third kappa shape index (κ3) is 4.46. The van der Waals surface area contributed by atoms with Crippen LogP contribution in [0.5, 0.6) is 0 Å². The van der Waals surface area contributed by atoms with Gasteiger partial charge in [-0.1, -0.05) is 31.2 Å². The van der Waals surface area contributed by atoms with Gasteiger partial charge in [-0.15, -0.1) is 0 Å². The number of hydrogen-bond acceptors (Lipinski definition) is 3. The van der Waals surface area contributed by atoms with Gasteiger partial charge in [-0.3, -0.25) is 0 Å². The molecule has 96 valence electrons. The molecule has 0 radical (unpaired) electrons. The van der Waals surface area contributed by atoms with E-state index in [0.717, 1.165) is 24.2 Å². The largest absolute Gasteiger partial charge is 0.313 e. The first-order valence-electron chi connectivity index (χ1n) is 5.64. The van der Waals surface area contributed by atoms with Crippen LogP contribution in [0.2, 0.25) is 0 Å². The van der Waals surface area contributed by atoms with Crippen molar-refractivity contribution in [2.45, 2.75) is 19.2 Å². The number of nitrogens with zero attached hydrogens (tertiary/aromatic N) is 1. The van der Waals surface area contributed by atoms with Gasteiger partial charge in [-0.25, -0.2) is 12.7 Å². The fraction of sp³-hybridized carbons (Fsp3) is 0.500. The first kappa shape index (κ1) is 14.2. The SMILES string of the molecule is CCNCc1cccc(CS(=O)(=O)N(C)C)c1. The maximum atomic E-state index is 11.7. The highest BCUT2D eigenvalue weighted by atomic mass is 32.2. The average Bonchev–Trinajstić information content (AvgIpc) is 2.26. The van der Waals surface area contributed by atoms with Gasteiger partial charge in [0.1, 0.15) is 0 Å². The number of benzene rings is 1. The van der Waals surface area contributed by atoms with Crippen molar-refractivity contribution < 1.29 is 8.42 Å². The van der Waals surface area contributed by atoms with Crippen LogP contribution in [0.4, 0.5) is 0 Å². The highest BCUT2D eigenvalue weighted by molar-refractivity contribution is 7.88. The van der Waals surface area contributed by atoms with Crippen molar-refractivity contribution >= 4 is 10.0 Å². The second-order valence-corrected chi connectivity index (χ2v) is 6.32. The Morgan fingerprint density at radius 3 is 2.47 bits per heavy atom. The van der Waals surface area contributed by atoms with Crippen LogP contribution in [0.25, 0.3) is 0 Å². The predicted molar refractivity (Wildman–Crippen MR) is 70.1 cm³/mol. The number of hydrogen-bond donors (Lipinski definition) is 1. The van der Waals surface area contributed by atoms with Crippen LogP contribution in [-0.2, 0) is 22.3 Å². The van der Waals surface area contributed by atoms with Crippen LogP contribution in [0.1, 0.15) is 18.1 Å². The van der Waals surface area contributed by atoms with Gasteiger partial charge in [-0.05, 0) is 17.7 Å².